The van der Waals surface area contributed by atoms with E-state index in [1.165, 1.54) is 30.1 Å². The molecule has 1 amide bonds. The highest BCUT2D eigenvalue weighted by molar-refractivity contribution is 5.92. The third-order valence-electron chi connectivity index (χ3n) is 5.48. The molecule has 35 heavy (non-hydrogen) atoms. The number of amides is 1. The normalized spacial score (nSPS) is 10.9. The fraction of sp³-hybridized carbons (Fsp3) is 0.217. The number of aryl methyl sites for hydroxylation is 1. The number of carbonyl (C=O) groups excluding carboxylic acids is 1. The molecule has 0 radical (unpaired) electrons. The molecule has 0 aliphatic rings. The van der Waals surface area contributed by atoms with Gasteiger partial charge in [0.25, 0.3) is 11.2 Å². The fourth-order valence-electron chi connectivity index (χ4n) is 3.77. The van der Waals surface area contributed by atoms with E-state index < -0.39 is 28.6 Å². The summed E-state index contributed by atoms with van der Waals surface area (Å²) in [4.78, 5) is 54.2. The molecule has 4 rings (SSSR count). The van der Waals surface area contributed by atoms with E-state index in [2.05, 4.69) is 10.3 Å². The fourth-order valence-corrected chi connectivity index (χ4v) is 3.77. The van der Waals surface area contributed by atoms with Crippen molar-refractivity contribution in [1.82, 2.24) is 18.7 Å². The van der Waals surface area contributed by atoms with Crippen molar-refractivity contribution >= 4 is 28.4 Å². The molecule has 0 unspecified atom stereocenters. The van der Waals surface area contributed by atoms with E-state index in [0.29, 0.717) is 6.54 Å². The Morgan fingerprint density at radius 2 is 1.89 bits per heavy atom. The third-order valence-corrected chi connectivity index (χ3v) is 5.48. The molecule has 180 valence electrons. The number of anilines is 1. The van der Waals surface area contributed by atoms with Crippen molar-refractivity contribution in [3.05, 3.63) is 91.4 Å². The van der Waals surface area contributed by atoms with Gasteiger partial charge in [-0.2, -0.15) is 0 Å². The van der Waals surface area contributed by atoms with Crippen LogP contribution in [0.25, 0.3) is 11.2 Å². The minimum absolute atomic E-state index is 0.0454. The largest absolute Gasteiger partial charge is 0.495 e. The van der Waals surface area contributed by atoms with Gasteiger partial charge in [0.05, 0.1) is 30.6 Å². The van der Waals surface area contributed by atoms with Crippen LogP contribution in [-0.2, 0) is 24.4 Å². The number of fused-ring (bicyclic) bond motifs is 1. The zero-order valence-corrected chi connectivity index (χ0v) is 19.0. The van der Waals surface area contributed by atoms with Gasteiger partial charge < -0.3 is 14.6 Å². The number of hydrogen-bond donors (Lipinski definition) is 1. The number of rotatable bonds is 8. The van der Waals surface area contributed by atoms with Crippen LogP contribution in [0.2, 0.25) is 0 Å². The molecule has 0 saturated carbocycles. The third kappa shape index (κ3) is 4.53. The van der Waals surface area contributed by atoms with E-state index in [0.717, 1.165) is 16.2 Å². The molecular formula is C23H22N6O6. The van der Waals surface area contributed by atoms with E-state index in [1.54, 1.807) is 4.57 Å². The van der Waals surface area contributed by atoms with Gasteiger partial charge in [-0.3, -0.25) is 24.3 Å². The number of benzene rings is 2. The highest BCUT2D eigenvalue weighted by atomic mass is 16.6. The van der Waals surface area contributed by atoms with E-state index in [4.69, 9.17) is 4.74 Å². The first kappa shape index (κ1) is 23.4. The number of imidazole rings is 1. The summed E-state index contributed by atoms with van der Waals surface area (Å²) >= 11 is 0. The highest BCUT2D eigenvalue weighted by Crippen LogP contribution is 2.28. The van der Waals surface area contributed by atoms with Crippen LogP contribution in [0.1, 0.15) is 12.5 Å². The van der Waals surface area contributed by atoms with Crippen LogP contribution < -0.4 is 21.3 Å². The minimum atomic E-state index is -0.726. The van der Waals surface area contributed by atoms with Crippen LogP contribution >= 0.6 is 0 Å². The van der Waals surface area contributed by atoms with Gasteiger partial charge in [-0.05, 0) is 18.6 Å². The van der Waals surface area contributed by atoms with Gasteiger partial charge in [-0.25, -0.2) is 14.3 Å². The number of aromatic nitrogens is 4. The smallest absolute Gasteiger partial charge is 0.333 e. The zero-order valence-electron chi connectivity index (χ0n) is 19.0. The van der Waals surface area contributed by atoms with Crippen molar-refractivity contribution in [3.8, 4) is 5.75 Å². The maximum absolute atomic E-state index is 13.3. The van der Waals surface area contributed by atoms with E-state index in [-0.39, 0.29) is 34.8 Å². The van der Waals surface area contributed by atoms with Gasteiger partial charge in [0, 0.05) is 18.7 Å². The lowest BCUT2D eigenvalue weighted by Gasteiger charge is -2.13. The van der Waals surface area contributed by atoms with Crippen LogP contribution in [-0.4, -0.2) is 36.6 Å². The van der Waals surface area contributed by atoms with Crippen LogP contribution in [0.15, 0.2) is 64.4 Å². The Morgan fingerprint density at radius 3 is 2.54 bits per heavy atom. The van der Waals surface area contributed by atoms with Crippen LogP contribution in [0.3, 0.4) is 0 Å². The number of nitro groups is 1. The molecule has 4 aromatic rings. The lowest BCUT2D eigenvalue weighted by molar-refractivity contribution is -0.384. The summed E-state index contributed by atoms with van der Waals surface area (Å²) in [5.74, 6) is -0.534. The topological polar surface area (TPSA) is 143 Å². The van der Waals surface area contributed by atoms with Gasteiger partial charge in [0.15, 0.2) is 11.2 Å². The molecule has 0 aliphatic carbocycles. The van der Waals surface area contributed by atoms with Gasteiger partial charge in [-0.1, -0.05) is 30.3 Å². The monoisotopic (exact) mass is 478 g/mol. The predicted molar refractivity (Wildman–Crippen MR) is 128 cm³/mol. The maximum atomic E-state index is 13.3. The summed E-state index contributed by atoms with van der Waals surface area (Å²) < 4.78 is 8.94. The molecule has 0 spiro atoms. The number of nitro benzene ring substituents is 1. The van der Waals surface area contributed by atoms with Gasteiger partial charge in [-0.15, -0.1) is 0 Å². The standard InChI is InChI=1S/C23H22N6O6/c1-3-26-14-24-21-20(26)22(31)28(23(32)27(21)12-15-7-5-4-6-8-15)13-19(30)25-17-11-16(29(33)34)9-10-18(17)35-2/h4-11,14H,3,12-13H2,1-2H3,(H,25,30). The van der Waals surface area contributed by atoms with E-state index >= 15 is 0 Å². The highest BCUT2D eigenvalue weighted by Gasteiger charge is 2.21. The Hall–Kier alpha value is -4.74. The second-order valence-corrected chi connectivity index (χ2v) is 7.64. The summed E-state index contributed by atoms with van der Waals surface area (Å²) in [7, 11) is 1.35. The van der Waals surface area contributed by atoms with Gasteiger partial charge in [0.1, 0.15) is 12.3 Å². The molecule has 2 heterocycles. The molecule has 0 bridgehead atoms. The Kier molecular flexibility index (Phi) is 6.44. The Labute approximate surface area is 198 Å². The quantitative estimate of drug-likeness (QED) is 0.301. The molecule has 12 nitrogen and oxygen atoms in total. The molecule has 1 N–H and O–H groups in total. The Balaban J connectivity index is 1.76. The summed E-state index contributed by atoms with van der Waals surface area (Å²) in [5, 5.41) is 13.6. The second-order valence-electron chi connectivity index (χ2n) is 7.64. The molecule has 2 aromatic heterocycles. The summed E-state index contributed by atoms with van der Waals surface area (Å²) in [6.45, 7) is 1.81. The minimum Gasteiger partial charge on any atom is -0.495 e. The summed E-state index contributed by atoms with van der Waals surface area (Å²) in [5.41, 5.74) is -0.325. The van der Waals surface area contributed by atoms with Crippen molar-refractivity contribution in [2.75, 3.05) is 12.4 Å². The molecule has 12 heteroatoms. The van der Waals surface area contributed by atoms with E-state index in [9.17, 15) is 24.5 Å². The Bertz CT molecular complexity index is 1540. The molecule has 0 fully saturated rings. The number of non-ortho nitro benzene ring substituents is 1. The van der Waals surface area contributed by atoms with Crippen molar-refractivity contribution in [2.24, 2.45) is 0 Å². The first-order valence-electron chi connectivity index (χ1n) is 10.7. The number of methoxy groups -OCH3 is 1. The first-order chi connectivity index (χ1) is 16.8. The van der Waals surface area contributed by atoms with Crippen LogP contribution in [0.5, 0.6) is 5.75 Å². The van der Waals surface area contributed by atoms with Gasteiger partial charge in [0.2, 0.25) is 5.91 Å². The molecule has 0 aliphatic heterocycles. The summed E-state index contributed by atoms with van der Waals surface area (Å²) in [6.07, 6.45) is 1.48. The lowest BCUT2D eigenvalue weighted by Crippen LogP contribution is -2.43. The second kappa shape index (κ2) is 9.63. The van der Waals surface area contributed by atoms with Crippen molar-refractivity contribution < 1.29 is 14.5 Å². The van der Waals surface area contributed by atoms with Crippen molar-refractivity contribution in [3.63, 3.8) is 0 Å². The number of nitrogens with one attached hydrogen (secondary N) is 1. The molecule has 0 saturated heterocycles. The molecule has 0 atom stereocenters. The van der Waals surface area contributed by atoms with Crippen molar-refractivity contribution in [1.29, 1.82) is 0 Å². The van der Waals surface area contributed by atoms with Crippen LogP contribution in [0, 0.1) is 10.1 Å². The molecule has 2 aromatic carbocycles. The number of nitrogens with zero attached hydrogens (tertiary/aromatic N) is 5. The number of hydrogen-bond acceptors (Lipinski definition) is 7. The number of ether oxygens (including phenoxy) is 1. The lowest BCUT2D eigenvalue weighted by atomic mass is 10.2. The van der Waals surface area contributed by atoms with Gasteiger partial charge >= 0.3 is 5.69 Å². The van der Waals surface area contributed by atoms with E-state index in [1.807, 2.05) is 37.3 Å². The average molecular weight is 478 g/mol. The Morgan fingerprint density at radius 1 is 1.14 bits per heavy atom. The maximum Gasteiger partial charge on any atom is 0.333 e. The first-order valence-corrected chi connectivity index (χ1v) is 10.7. The molecular weight excluding hydrogens is 456 g/mol. The van der Waals surface area contributed by atoms with Crippen LogP contribution in [0.4, 0.5) is 11.4 Å². The summed E-state index contributed by atoms with van der Waals surface area (Å²) in [6, 6.07) is 12.9. The average Bonchev–Trinajstić information content (AvgIpc) is 3.29. The SMILES string of the molecule is CCn1cnc2c1c(=O)n(CC(=O)Nc1cc([N+](=O)[O-])ccc1OC)c(=O)n2Cc1ccccc1. The van der Waals surface area contributed by atoms with Crippen molar-refractivity contribution in [2.45, 2.75) is 26.6 Å². The predicted octanol–water partition coefficient (Wildman–Crippen LogP) is 1.98. The number of carbonyl (C=O) groups is 1. The zero-order chi connectivity index (χ0) is 25.1.